The van der Waals surface area contributed by atoms with Gasteiger partial charge in [-0.25, -0.2) is 13.2 Å². The number of hydrogen-bond donors (Lipinski definition) is 1. The topological polar surface area (TPSA) is 102 Å². The second-order valence-corrected chi connectivity index (χ2v) is 8.46. The molecule has 1 atom stereocenters. The van der Waals surface area contributed by atoms with Crippen LogP contribution in [0, 0.1) is 6.92 Å². The number of amides is 1. The van der Waals surface area contributed by atoms with Crippen molar-refractivity contribution in [2.75, 3.05) is 30.0 Å². The lowest BCUT2D eigenvalue weighted by atomic mass is 10.1. The van der Waals surface area contributed by atoms with Gasteiger partial charge in [0, 0.05) is 12.7 Å². The van der Waals surface area contributed by atoms with E-state index in [-0.39, 0.29) is 0 Å². The van der Waals surface area contributed by atoms with Crippen LogP contribution in [-0.4, -0.2) is 46.8 Å². The fourth-order valence-corrected chi connectivity index (χ4v) is 3.02. The normalized spacial score (nSPS) is 12.0. The number of nitrogens with zero attached hydrogens (tertiary/aromatic N) is 1. The molecule has 0 saturated carbocycles. The Morgan fingerprint density at radius 1 is 1.10 bits per heavy atom. The highest BCUT2D eigenvalue weighted by Crippen LogP contribution is 2.22. The van der Waals surface area contributed by atoms with Crippen LogP contribution in [-0.2, 0) is 19.6 Å². The first kappa shape index (κ1) is 22.2. The molecule has 2 aromatic carbocycles. The average Bonchev–Trinajstić information content (AvgIpc) is 2.68. The molecule has 29 heavy (non-hydrogen) atoms. The summed E-state index contributed by atoms with van der Waals surface area (Å²) < 4.78 is 34.7. The van der Waals surface area contributed by atoms with Gasteiger partial charge < -0.3 is 14.8 Å². The smallest absolute Gasteiger partial charge is 0.338 e. The van der Waals surface area contributed by atoms with Gasteiger partial charge in [0.05, 0.1) is 24.6 Å². The molecule has 0 heterocycles. The predicted molar refractivity (Wildman–Crippen MR) is 111 cm³/mol. The molecule has 0 saturated heterocycles. The number of carbonyl (C=O) groups is 2. The van der Waals surface area contributed by atoms with Crippen molar-refractivity contribution in [1.82, 2.24) is 0 Å². The first-order valence-corrected chi connectivity index (χ1v) is 10.6. The fourth-order valence-electron chi connectivity index (χ4n) is 2.52. The van der Waals surface area contributed by atoms with Gasteiger partial charge in [-0.2, -0.15) is 0 Å². The van der Waals surface area contributed by atoms with Crippen molar-refractivity contribution < 1.29 is 27.5 Å². The lowest BCUT2D eigenvalue weighted by Crippen LogP contribution is -2.30. The van der Waals surface area contributed by atoms with Crippen molar-refractivity contribution in [2.24, 2.45) is 0 Å². The third-order valence-corrected chi connectivity index (χ3v) is 5.58. The molecule has 0 unspecified atom stereocenters. The van der Waals surface area contributed by atoms with Crippen LogP contribution in [0.1, 0.15) is 22.8 Å². The summed E-state index contributed by atoms with van der Waals surface area (Å²) in [5.74, 6) is -0.465. The van der Waals surface area contributed by atoms with Crippen molar-refractivity contribution in [1.29, 1.82) is 0 Å². The van der Waals surface area contributed by atoms with E-state index in [1.165, 1.54) is 14.2 Å². The molecule has 1 amide bonds. The maximum atomic E-state index is 12.5. The first-order valence-electron chi connectivity index (χ1n) is 8.74. The number of esters is 1. The molecule has 0 radical (unpaired) electrons. The summed E-state index contributed by atoms with van der Waals surface area (Å²) in [5.41, 5.74) is 1.92. The quantitative estimate of drug-likeness (QED) is 0.691. The lowest BCUT2D eigenvalue weighted by Gasteiger charge is -2.19. The van der Waals surface area contributed by atoms with Crippen LogP contribution < -0.4 is 14.4 Å². The first-order chi connectivity index (χ1) is 13.5. The largest absolute Gasteiger partial charge is 0.481 e. The van der Waals surface area contributed by atoms with E-state index in [0.717, 1.165) is 10.6 Å². The molecule has 0 bridgehead atoms. The Balaban J connectivity index is 2.07. The van der Waals surface area contributed by atoms with Gasteiger partial charge in [0.15, 0.2) is 6.10 Å². The number of hydrogen-bond acceptors (Lipinski definition) is 6. The third kappa shape index (κ3) is 5.47. The molecular formula is C20H24N2O6S. The Bertz CT molecular complexity index is 1000. The van der Waals surface area contributed by atoms with Crippen molar-refractivity contribution in [3.05, 3.63) is 53.6 Å². The van der Waals surface area contributed by atoms with Gasteiger partial charge in [-0.3, -0.25) is 9.10 Å². The van der Waals surface area contributed by atoms with E-state index < -0.39 is 28.0 Å². The molecule has 0 spiro atoms. The molecule has 2 aromatic rings. The van der Waals surface area contributed by atoms with Gasteiger partial charge in [-0.05, 0) is 55.8 Å². The maximum Gasteiger partial charge on any atom is 0.338 e. The van der Waals surface area contributed by atoms with Gasteiger partial charge >= 0.3 is 5.97 Å². The van der Waals surface area contributed by atoms with Crippen LogP contribution in [0.4, 0.5) is 11.4 Å². The number of nitrogens with one attached hydrogen (secondary N) is 1. The average molecular weight is 420 g/mol. The van der Waals surface area contributed by atoms with Crippen LogP contribution in [0.15, 0.2) is 42.5 Å². The minimum absolute atomic E-state index is 0.365. The highest BCUT2D eigenvalue weighted by Gasteiger charge is 2.19. The van der Waals surface area contributed by atoms with Crippen molar-refractivity contribution >= 4 is 33.3 Å². The third-order valence-electron chi connectivity index (χ3n) is 4.38. The second kappa shape index (κ2) is 8.95. The predicted octanol–water partition coefficient (Wildman–Crippen LogP) is 2.58. The Labute approximate surface area is 170 Å². The second-order valence-electron chi connectivity index (χ2n) is 6.44. The molecule has 9 heteroatoms. The lowest BCUT2D eigenvalue weighted by molar-refractivity contribution is -0.122. The van der Waals surface area contributed by atoms with E-state index in [1.54, 1.807) is 56.3 Å². The minimum Gasteiger partial charge on any atom is -0.481 e. The summed E-state index contributed by atoms with van der Waals surface area (Å²) in [7, 11) is -0.616. The summed E-state index contributed by atoms with van der Waals surface area (Å²) in [6.45, 7) is 3.30. The van der Waals surface area contributed by atoms with Crippen molar-refractivity contribution in [3.63, 3.8) is 0 Å². The number of carbonyl (C=O) groups excluding carboxylic acids is 2. The molecule has 0 aliphatic carbocycles. The van der Waals surface area contributed by atoms with Crippen LogP contribution in [0.3, 0.4) is 0 Å². The zero-order chi connectivity index (χ0) is 21.8. The molecule has 0 aromatic heterocycles. The van der Waals surface area contributed by atoms with Crippen molar-refractivity contribution in [2.45, 2.75) is 20.0 Å². The van der Waals surface area contributed by atoms with E-state index in [1.807, 2.05) is 0 Å². The SMILES string of the molecule is COC(=O)c1cccc(NC(=O)[C@@H](C)Oc2ccc(N(C)S(C)(=O)=O)cc2)c1C. The maximum absolute atomic E-state index is 12.5. The van der Waals surface area contributed by atoms with Crippen LogP contribution >= 0.6 is 0 Å². The zero-order valence-electron chi connectivity index (χ0n) is 16.9. The summed E-state index contributed by atoms with van der Waals surface area (Å²) in [4.78, 5) is 24.3. The van der Waals surface area contributed by atoms with Crippen LogP contribution in [0.25, 0.3) is 0 Å². The van der Waals surface area contributed by atoms with Gasteiger partial charge in [0.2, 0.25) is 10.0 Å². The number of methoxy groups -OCH3 is 1. The van der Waals surface area contributed by atoms with Gasteiger partial charge in [-0.1, -0.05) is 6.07 Å². The molecule has 0 aliphatic heterocycles. The molecular weight excluding hydrogens is 396 g/mol. The molecule has 8 nitrogen and oxygen atoms in total. The zero-order valence-corrected chi connectivity index (χ0v) is 17.7. The van der Waals surface area contributed by atoms with Gasteiger partial charge in [0.1, 0.15) is 5.75 Å². The van der Waals surface area contributed by atoms with E-state index in [2.05, 4.69) is 5.32 Å². The molecule has 156 valence electrons. The monoisotopic (exact) mass is 420 g/mol. The summed E-state index contributed by atoms with van der Waals surface area (Å²) in [6.07, 6.45) is 0.288. The highest BCUT2D eigenvalue weighted by molar-refractivity contribution is 7.92. The minimum atomic E-state index is -3.36. The Morgan fingerprint density at radius 3 is 2.28 bits per heavy atom. The molecule has 0 fully saturated rings. The summed E-state index contributed by atoms with van der Waals surface area (Å²) in [6, 6.07) is 11.3. The Kier molecular flexibility index (Phi) is 6.86. The van der Waals surface area contributed by atoms with Crippen molar-refractivity contribution in [3.8, 4) is 5.75 Å². The number of benzene rings is 2. The highest BCUT2D eigenvalue weighted by atomic mass is 32.2. The van der Waals surface area contributed by atoms with E-state index in [9.17, 15) is 18.0 Å². The number of ether oxygens (including phenoxy) is 2. The Hall–Kier alpha value is -3.07. The Morgan fingerprint density at radius 2 is 1.72 bits per heavy atom. The molecule has 1 N–H and O–H groups in total. The number of sulfonamides is 1. The summed E-state index contributed by atoms with van der Waals surface area (Å²) >= 11 is 0. The van der Waals surface area contributed by atoms with Gasteiger partial charge in [-0.15, -0.1) is 0 Å². The number of anilines is 2. The molecule has 0 aliphatic rings. The standard InChI is InChI=1S/C20H24N2O6S/c1-13-17(20(24)27-4)7-6-8-18(13)21-19(23)14(2)28-16-11-9-15(10-12-16)22(3)29(5,25)26/h6-12,14H,1-5H3,(H,21,23)/t14-/m1/s1. The number of rotatable bonds is 7. The summed E-state index contributed by atoms with van der Waals surface area (Å²) in [5, 5.41) is 2.74. The van der Waals surface area contributed by atoms with E-state index >= 15 is 0 Å². The van der Waals surface area contributed by atoms with E-state index in [4.69, 9.17) is 9.47 Å². The van der Waals surface area contributed by atoms with E-state index in [0.29, 0.717) is 28.3 Å². The molecule has 2 rings (SSSR count). The van der Waals surface area contributed by atoms with Crippen LogP contribution in [0.2, 0.25) is 0 Å². The fraction of sp³-hybridized carbons (Fsp3) is 0.300. The van der Waals surface area contributed by atoms with Gasteiger partial charge in [0.25, 0.3) is 5.91 Å². The van der Waals surface area contributed by atoms with Crippen LogP contribution in [0.5, 0.6) is 5.75 Å².